The highest BCUT2D eigenvalue weighted by Crippen LogP contribution is 2.22. The number of amides is 1. The van der Waals surface area contributed by atoms with Crippen LogP contribution in [-0.4, -0.2) is 11.0 Å². The zero-order chi connectivity index (χ0) is 18.0. The number of benzene rings is 2. The van der Waals surface area contributed by atoms with Gasteiger partial charge < -0.3 is 10.4 Å². The van der Waals surface area contributed by atoms with E-state index in [2.05, 4.69) is 26.1 Å². The van der Waals surface area contributed by atoms with E-state index in [1.54, 1.807) is 13.8 Å². The zero-order valence-electron chi connectivity index (χ0n) is 15.2. The van der Waals surface area contributed by atoms with Crippen LogP contribution in [0, 0.1) is 0 Å². The van der Waals surface area contributed by atoms with Crippen molar-refractivity contribution in [3.8, 4) is 0 Å². The molecule has 3 heteroatoms. The van der Waals surface area contributed by atoms with E-state index in [-0.39, 0.29) is 11.3 Å². The molecule has 3 nitrogen and oxygen atoms in total. The first-order valence-corrected chi connectivity index (χ1v) is 8.28. The number of nitrogens with one attached hydrogen (secondary N) is 1. The van der Waals surface area contributed by atoms with E-state index in [1.165, 1.54) is 5.56 Å². The normalized spacial score (nSPS) is 12.1. The van der Waals surface area contributed by atoms with Gasteiger partial charge in [-0.2, -0.15) is 0 Å². The third-order valence-electron chi connectivity index (χ3n) is 4.13. The van der Waals surface area contributed by atoms with Crippen molar-refractivity contribution in [1.29, 1.82) is 0 Å². The molecule has 0 heterocycles. The molecular weight excluding hydrogens is 298 g/mol. The Hall–Kier alpha value is -2.13. The summed E-state index contributed by atoms with van der Waals surface area (Å²) in [7, 11) is 0. The molecule has 0 fully saturated rings. The third kappa shape index (κ3) is 4.68. The molecule has 24 heavy (non-hydrogen) atoms. The molecule has 0 aliphatic heterocycles. The minimum Gasteiger partial charge on any atom is -0.386 e. The first-order valence-electron chi connectivity index (χ1n) is 8.28. The minimum absolute atomic E-state index is 0.0806. The second-order valence-electron chi connectivity index (χ2n) is 7.77. The van der Waals surface area contributed by atoms with Crippen molar-refractivity contribution in [2.24, 2.45) is 0 Å². The van der Waals surface area contributed by atoms with Crippen LogP contribution in [0.15, 0.2) is 48.5 Å². The summed E-state index contributed by atoms with van der Waals surface area (Å²) >= 11 is 0. The van der Waals surface area contributed by atoms with E-state index in [9.17, 15) is 9.90 Å². The van der Waals surface area contributed by atoms with Crippen molar-refractivity contribution in [2.75, 3.05) is 0 Å². The summed E-state index contributed by atoms with van der Waals surface area (Å²) in [5, 5.41) is 12.9. The zero-order valence-corrected chi connectivity index (χ0v) is 15.2. The van der Waals surface area contributed by atoms with Crippen molar-refractivity contribution >= 4 is 5.91 Å². The molecule has 2 rings (SSSR count). The quantitative estimate of drug-likeness (QED) is 0.887. The Morgan fingerprint density at radius 3 is 1.83 bits per heavy atom. The molecule has 1 amide bonds. The number of hydrogen-bond donors (Lipinski definition) is 2. The second-order valence-corrected chi connectivity index (χ2v) is 7.77. The van der Waals surface area contributed by atoms with Gasteiger partial charge in [-0.1, -0.05) is 57.2 Å². The van der Waals surface area contributed by atoms with Crippen molar-refractivity contribution in [1.82, 2.24) is 5.32 Å². The van der Waals surface area contributed by atoms with Crippen molar-refractivity contribution in [3.05, 3.63) is 70.8 Å². The number of hydrogen-bond acceptors (Lipinski definition) is 2. The van der Waals surface area contributed by atoms with E-state index >= 15 is 0 Å². The number of carbonyl (C=O) groups is 1. The number of rotatable bonds is 4. The summed E-state index contributed by atoms with van der Waals surface area (Å²) in [6, 6.07) is 15.4. The monoisotopic (exact) mass is 325 g/mol. The summed E-state index contributed by atoms with van der Waals surface area (Å²) in [5.74, 6) is -0.0815. The average Bonchev–Trinajstić information content (AvgIpc) is 2.51. The molecule has 2 N–H and O–H groups in total. The molecule has 0 radical (unpaired) electrons. The van der Waals surface area contributed by atoms with E-state index in [1.807, 2.05) is 48.5 Å². The lowest BCUT2D eigenvalue weighted by atomic mass is 9.87. The Balaban J connectivity index is 1.98. The van der Waals surface area contributed by atoms with E-state index in [0.717, 1.165) is 11.1 Å². The highest BCUT2D eigenvalue weighted by Gasteiger charge is 2.16. The predicted octanol–water partition coefficient (Wildman–Crippen LogP) is 4.14. The van der Waals surface area contributed by atoms with Crippen LogP contribution in [0.2, 0.25) is 0 Å². The maximum absolute atomic E-state index is 12.3. The molecule has 0 aromatic heterocycles. The summed E-state index contributed by atoms with van der Waals surface area (Å²) < 4.78 is 0. The fraction of sp³-hybridized carbons (Fsp3) is 0.381. The van der Waals surface area contributed by atoms with Gasteiger partial charge in [0.1, 0.15) is 0 Å². The molecular formula is C21H27NO2. The Morgan fingerprint density at radius 2 is 1.38 bits per heavy atom. The molecule has 0 spiro atoms. The molecule has 0 aliphatic rings. The first-order chi connectivity index (χ1) is 11.1. The molecule has 0 bridgehead atoms. The van der Waals surface area contributed by atoms with Crippen LogP contribution in [0.1, 0.15) is 61.7 Å². The van der Waals surface area contributed by atoms with Crippen molar-refractivity contribution < 1.29 is 9.90 Å². The Morgan fingerprint density at radius 1 is 0.875 bits per heavy atom. The molecule has 0 atom stereocenters. The SMILES string of the molecule is CC(C)(C)c1ccc(C(=O)NCc2ccc(C(C)(C)O)cc2)cc1. The maximum atomic E-state index is 12.3. The molecule has 128 valence electrons. The molecule has 0 saturated heterocycles. The lowest BCUT2D eigenvalue weighted by Crippen LogP contribution is -2.23. The Labute approximate surface area is 144 Å². The van der Waals surface area contributed by atoms with Gasteiger partial charge in [-0.3, -0.25) is 4.79 Å². The van der Waals surface area contributed by atoms with Gasteiger partial charge in [-0.05, 0) is 48.1 Å². The molecule has 2 aromatic rings. The highest BCUT2D eigenvalue weighted by atomic mass is 16.3. The van der Waals surface area contributed by atoms with E-state index in [0.29, 0.717) is 12.1 Å². The van der Waals surface area contributed by atoms with Gasteiger partial charge in [0.2, 0.25) is 0 Å². The number of aliphatic hydroxyl groups is 1. The van der Waals surface area contributed by atoms with E-state index in [4.69, 9.17) is 0 Å². The summed E-state index contributed by atoms with van der Waals surface area (Å²) in [6.45, 7) is 10.4. The molecule has 0 unspecified atom stereocenters. The van der Waals surface area contributed by atoms with Crippen LogP contribution in [-0.2, 0) is 17.6 Å². The van der Waals surface area contributed by atoms with Crippen LogP contribution >= 0.6 is 0 Å². The van der Waals surface area contributed by atoms with E-state index < -0.39 is 5.60 Å². The summed E-state index contributed by atoms with van der Waals surface area (Å²) in [6.07, 6.45) is 0. The summed E-state index contributed by atoms with van der Waals surface area (Å²) in [5.41, 5.74) is 2.96. The van der Waals surface area contributed by atoms with Crippen molar-refractivity contribution in [3.63, 3.8) is 0 Å². The predicted molar refractivity (Wildman–Crippen MR) is 98.0 cm³/mol. The van der Waals surface area contributed by atoms with Crippen LogP contribution in [0.3, 0.4) is 0 Å². The van der Waals surface area contributed by atoms with Crippen LogP contribution < -0.4 is 5.32 Å². The van der Waals surface area contributed by atoms with Crippen LogP contribution in [0.5, 0.6) is 0 Å². The minimum atomic E-state index is -0.851. The lowest BCUT2D eigenvalue weighted by molar-refractivity contribution is 0.0785. The summed E-state index contributed by atoms with van der Waals surface area (Å²) in [4.78, 5) is 12.3. The topological polar surface area (TPSA) is 49.3 Å². The first kappa shape index (κ1) is 18.2. The van der Waals surface area contributed by atoms with Gasteiger partial charge in [0.15, 0.2) is 0 Å². The number of carbonyl (C=O) groups excluding carboxylic acids is 1. The van der Waals surface area contributed by atoms with Gasteiger partial charge in [0.25, 0.3) is 5.91 Å². The molecule has 2 aromatic carbocycles. The maximum Gasteiger partial charge on any atom is 0.251 e. The molecule has 0 saturated carbocycles. The Kier molecular flexibility index (Phi) is 5.14. The van der Waals surface area contributed by atoms with Gasteiger partial charge in [-0.15, -0.1) is 0 Å². The van der Waals surface area contributed by atoms with Crippen LogP contribution in [0.25, 0.3) is 0 Å². The van der Waals surface area contributed by atoms with Crippen LogP contribution in [0.4, 0.5) is 0 Å². The highest BCUT2D eigenvalue weighted by molar-refractivity contribution is 5.94. The fourth-order valence-corrected chi connectivity index (χ4v) is 2.44. The van der Waals surface area contributed by atoms with Gasteiger partial charge >= 0.3 is 0 Å². The third-order valence-corrected chi connectivity index (χ3v) is 4.13. The smallest absolute Gasteiger partial charge is 0.251 e. The standard InChI is InChI=1S/C21H27NO2/c1-20(2,3)17-12-8-16(9-13-17)19(23)22-14-15-6-10-18(11-7-15)21(4,5)24/h6-13,24H,14H2,1-5H3,(H,22,23). The Bertz CT molecular complexity index is 687. The second kappa shape index (κ2) is 6.78. The lowest BCUT2D eigenvalue weighted by Gasteiger charge is -2.19. The van der Waals surface area contributed by atoms with Gasteiger partial charge in [-0.25, -0.2) is 0 Å². The van der Waals surface area contributed by atoms with Gasteiger partial charge in [0, 0.05) is 12.1 Å². The van der Waals surface area contributed by atoms with Gasteiger partial charge in [0.05, 0.1) is 5.60 Å². The average molecular weight is 325 g/mol. The molecule has 0 aliphatic carbocycles. The fourth-order valence-electron chi connectivity index (χ4n) is 2.44. The largest absolute Gasteiger partial charge is 0.386 e. The van der Waals surface area contributed by atoms with Crippen molar-refractivity contribution in [2.45, 2.75) is 52.2 Å².